The van der Waals surface area contributed by atoms with Crippen LogP contribution in [0.15, 0.2) is 42.6 Å². The third-order valence-corrected chi connectivity index (χ3v) is 5.19. The highest BCUT2D eigenvalue weighted by molar-refractivity contribution is 5.76. The number of aromatic nitrogens is 2. The standard InChI is InChI=1S/C21H25N3O/c1-15-7-8-20(25-2)18(11-15)14-24-10-4-6-17(13-24)19-12-16-5-3-9-22-21(16)23-19/h3,5,7-9,11-12,17H,4,6,10,13-14H2,1-2H3,(H,22,23)/t17-/m0/s1. The van der Waals surface area contributed by atoms with E-state index in [2.05, 4.69) is 52.1 Å². The van der Waals surface area contributed by atoms with Gasteiger partial charge in [-0.05, 0) is 50.6 Å². The van der Waals surface area contributed by atoms with Crippen LogP contribution in [0.3, 0.4) is 0 Å². The zero-order valence-electron chi connectivity index (χ0n) is 15.0. The Morgan fingerprint density at radius 2 is 2.20 bits per heavy atom. The van der Waals surface area contributed by atoms with Crippen LogP contribution in [0.25, 0.3) is 11.0 Å². The zero-order valence-corrected chi connectivity index (χ0v) is 15.0. The van der Waals surface area contributed by atoms with E-state index in [0.29, 0.717) is 5.92 Å². The first-order valence-electron chi connectivity index (χ1n) is 9.02. The molecule has 1 saturated heterocycles. The van der Waals surface area contributed by atoms with Crippen molar-refractivity contribution in [2.24, 2.45) is 0 Å². The molecule has 0 spiro atoms. The van der Waals surface area contributed by atoms with E-state index in [1.165, 1.54) is 35.0 Å². The number of hydrogen-bond donors (Lipinski definition) is 1. The minimum absolute atomic E-state index is 0.541. The molecule has 3 aromatic rings. The number of methoxy groups -OCH3 is 1. The predicted octanol–water partition coefficient (Wildman–Crippen LogP) is 4.26. The molecule has 25 heavy (non-hydrogen) atoms. The van der Waals surface area contributed by atoms with Gasteiger partial charge >= 0.3 is 0 Å². The summed E-state index contributed by atoms with van der Waals surface area (Å²) in [6.45, 7) is 5.30. The number of rotatable bonds is 4. The van der Waals surface area contributed by atoms with Gasteiger partial charge in [-0.2, -0.15) is 0 Å². The lowest BCUT2D eigenvalue weighted by atomic mass is 9.94. The fourth-order valence-corrected chi connectivity index (χ4v) is 3.92. The van der Waals surface area contributed by atoms with Gasteiger partial charge in [0.25, 0.3) is 0 Å². The van der Waals surface area contributed by atoms with Crippen molar-refractivity contribution < 1.29 is 4.74 Å². The van der Waals surface area contributed by atoms with Crippen LogP contribution < -0.4 is 4.74 Å². The highest BCUT2D eigenvalue weighted by Gasteiger charge is 2.23. The van der Waals surface area contributed by atoms with Crippen molar-refractivity contribution in [1.29, 1.82) is 0 Å². The minimum atomic E-state index is 0.541. The van der Waals surface area contributed by atoms with E-state index in [1.54, 1.807) is 7.11 Å². The molecule has 130 valence electrons. The monoisotopic (exact) mass is 335 g/mol. The number of hydrogen-bond acceptors (Lipinski definition) is 3. The molecule has 1 N–H and O–H groups in total. The van der Waals surface area contributed by atoms with Crippen molar-refractivity contribution in [3.63, 3.8) is 0 Å². The Hall–Kier alpha value is -2.33. The second kappa shape index (κ2) is 6.89. The second-order valence-electron chi connectivity index (χ2n) is 7.06. The summed E-state index contributed by atoms with van der Waals surface area (Å²) in [6, 6.07) is 12.8. The van der Waals surface area contributed by atoms with Crippen molar-refractivity contribution >= 4 is 11.0 Å². The largest absolute Gasteiger partial charge is 0.496 e. The van der Waals surface area contributed by atoms with E-state index in [-0.39, 0.29) is 0 Å². The number of nitrogens with one attached hydrogen (secondary N) is 1. The number of benzene rings is 1. The molecule has 2 aromatic heterocycles. The number of H-pyrrole nitrogens is 1. The molecule has 0 aliphatic carbocycles. The summed E-state index contributed by atoms with van der Waals surface area (Å²) in [7, 11) is 1.75. The first-order valence-corrected chi connectivity index (χ1v) is 9.02. The fraction of sp³-hybridized carbons (Fsp3) is 0.381. The van der Waals surface area contributed by atoms with Crippen molar-refractivity contribution in [2.45, 2.75) is 32.2 Å². The topological polar surface area (TPSA) is 41.1 Å². The lowest BCUT2D eigenvalue weighted by molar-refractivity contribution is 0.196. The van der Waals surface area contributed by atoms with Gasteiger partial charge in [0.1, 0.15) is 11.4 Å². The molecule has 1 atom stereocenters. The summed E-state index contributed by atoms with van der Waals surface area (Å²) in [5.41, 5.74) is 4.87. The molecule has 3 heterocycles. The van der Waals surface area contributed by atoms with Crippen molar-refractivity contribution in [2.75, 3.05) is 20.2 Å². The van der Waals surface area contributed by atoms with Crippen LogP contribution in [0.5, 0.6) is 5.75 Å². The van der Waals surface area contributed by atoms with Crippen molar-refractivity contribution in [1.82, 2.24) is 14.9 Å². The van der Waals surface area contributed by atoms with E-state index < -0.39 is 0 Å². The van der Waals surface area contributed by atoms with E-state index in [1.807, 2.05) is 12.3 Å². The smallest absolute Gasteiger partial charge is 0.137 e. The molecule has 4 heteroatoms. The number of nitrogens with zero attached hydrogens (tertiary/aromatic N) is 2. The lowest BCUT2D eigenvalue weighted by Gasteiger charge is -2.32. The number of pyridine rings is 1. The van der Waals surface area contributed by atoms with Crippen LogP contribution in [0, 0.1) is 6.92 Å². The molecule has 1 fully saturated rings. The molecule has 0 bridgehead atoms. The van der Waals surface area contributed by atoms with Crippen LogP contribution in [0.4, 0.5) is 0 Å². The fourth-order valence-electron chi connectivity index (χ4n) is 3.92. The van der Waals surface area contributed by atoms with Crippen LogP contribution in [-0.2, 0) is 6.54 Å². The summed E-state index contributed by atoms with van der Waals surface area (Å²) in [5, 5.41) is 1.20. The van der Waals surface area contributed by atoms with Crippen molar-refractivity contribution in [3.8, 4) is 5.75 Å². The van der Waals surface area contributed by atoms with Gasteiger partial charge in [0.2, 0.25) is 0 Å². The third-order valence-electron chi connectivity index (χ3n) is 5.19. The quantitative estimate of drug-likeness (QED) is 0.774. The Balaban J connectivity index is 1.52. The molecule has 4 nitrogen and oxygen atoms in total. The maximum atomic E-state index is 5.55. The van der Waals surface area contributed by atoms with Crippen LogP contribution >= 0.6 is 0 Å². The molecule has 1 aromatic carbocycles. The summed E-state index contributed by atoms with van der Waals surface area (Å²) < 4.78 is 5.55. The second-order valence-corrected chi connectivity index (χ2v) is 7.06. The highest BCUT2D eigenvalue weighted by atomic mass is 16.5. The van der Waals surface area contributed by atoms with Gasteiger partial charge in [-0.1, -0.05) is 17.7 Å². The highest BCUT2D eigenvalue weighted by Crippen LogP contribution is 2.30. The van der Waals surface area contributed by atoms with Gasteiger partial charge < -0.3 is 9.72 Å². The number of aromatic amines is 1. The molecule has 1 aliphatic heterocycles. The number of likely N-dealkylation sites (tertiary alicyclic amines) is 1. The van der Waals surface area contributed by atoms with Crippen LogP contribution in [0.1, 0.15) is 35.6 Å². The van der Waals surface area contributed by atoms with Crippen LogP contribution in [-0.4, -0.2) is 35.1 Å². The molecular formula is C21H25N3O. The summed E-state index contributed by atoms with van der Waals surface area (Å²) in [6.07, 6.45) is 4.30. The van der Waals surface area contributed by atoms with E-state index in [4.69, 9.17) is 4.74 Å². The molecule has 0 radical (unpaired) electrons. The van der Waals surface area contributed by atoms with E-state index in [0.717, 1.165) is 31.0 Å². The van der Waals surface area contributed by atoms with E-state index >= 15 is 0 Å². The Bertz CT molecular complexity index is 837. The predicted molar refractivity (Wildman–Crippen MR) is 101 cm³/mol. The van der Waals surface area contributed by atoms with Crippen molar-refractivity contribution in [3.05, 3.63) is 59.4 Å². The number of piperidine rings is 1. The lowest BCUT2D eigenvalue weighted by Crippen LogP contribution is -2.34. The Morgan fingerprint density at radius 1 is 1.28 bits per heavy atom. The molecule has 0 saturated carbocycles. The maximum absolute atomic E-state index is 5.55. The molecular weight excluding hydrogens is 310 g/mol. The Kier molecular flexibility index (Phi) is 4.45. The van der Waals surface area contributed by atoms with Crippen LogP contribution in [0.2, 0.25) is 0 Å². The minimum Gasteiger partial charge on any atom is -0.496 e. The zero-order chi connectivity index (χ0) is 17.2. The van der Waals surface area contributed by atoms with Gasteiger partial charge in [0.15, 0.2) is 0 Å². The normalized spacial score (nSPS) is 18.6. The van der Waals surface area contributed by atoms with Gasteiger partial charge in [-0.3, -0.25) is 4.90 Å². The Labute approximate surface area is 148 Å². The SMILES string of the molecule is COc1ccc(C)cc1CN1CCC[C@H](c2cc3cccnc3[nH]2)C1. The van der Waals surface area contributed by atoms with E-state index in [9.17, 15) is 0 Å². The maximum Gasteiger partial charge on any atom is 0.137 e. The molecule has 0 unspecified atom stereocenters. The first-order chi connectivity index (χ1) is 12.2. The molecule has 0 amide bonds. The summed E-state index contributed by atoms with van der Waals surface area (Å²) >= 11 is 0. The van der Waals surface area contributed by atoms with Gasteiger partial charge in [-0.25, -0.2) is 4.98 Å². The summed E-state index contributed by atoms with van der Waals surface area (Å²) in [5.74, 6) is 1.53. The van der Waals surface area contributed by atoms with Gasteiger partial charge in [0, 0.05) is 41.8 Å². The molecule has 1 aliphatic rings. The Morgan fingerprint density at radius 3 is 3.04 bits per heavy atom. The molecule has 4 rings (SSSR count). The van der Waals surface area contributed by atoms with Gasteiger partial charge in [0.05, 0.1) is 7.11 Å². The first kappa shape index (κ1) is 16.2. The average molecular weight is 335 g/mol. The number of ether oxygens (including phenoxy) is 1. The number of fused-ring (bicyclic) bond motifs is 1. The average Bonchev–Trinajstić information content (AvgIpc) is 3.06. The van der Waals surface area contributed by atoms with Gasteiger partial charge in [-0.15, -0.1) is 0 Å². The number of aryl methyl sites for hydroxylation is 1. The summed E-state index contributed by atoms with van der Waals surface area (Å²) in [4.78, 5) is 10.5. The third kappa shape index (κ3) is 3.40.